The average Bonchev–Trinajstić information content (AvgIpc) is 2.70. The average molecular weight is 429 g/mol. The van der Waals surface area contributed by atoms with Crippen LogP contribution in [0.2, 0.25) is 5.02 Å². The van der Waals surface area contributed by atoms with Crippen LogP contribution in [0.4, 0.5) is 5.69 Å². The van der Waals surface area contributed by atoms with Crippen LogP contribution in [0.3, 0.4) is 0 Å². The van der Waals surface area contributed by atoms with Crippen LogP contribution in [0.15, 0.2) is 42.5 Å². The summed E-state index contributed by atoms with van der Waals surface area (Å²) in [5.41, 5.74) is 2.88. The third-order valence-electron chi connectivity index (χ3n) is 6.06. The fourth-order valence-electron chi connectivity index (χ4n) is 4.07. The Bertz CT molecular complexity index is 919. The van der Waals surface area contributed by atoms with Crippen molar-refractivity contribution in [3.8, 4) is 0 Å². The standard InChI is InChI=1S/C23H25ClN2O2S/c1-16-15-17(21(27)26-11-13-29-14-12-26)3-8-20(16)25-22(28)23(9-2-10-23)18-4-6-19(24)7-5-18/h3-8,15H,2,9-14H2,1H3,(H,25,28). The minimum atomic E-state index is -0.489. The molecule has 0 aromatic heterocycles. The van der Waals surface area contributed by atoms with Crippen LogP contribution >= 0.6 is 23.4 Å². The van der Waals surface area contributed by atoms with Crippen molar-refractivity contribution in [2.45, 2.75) is 31.6 Å². The molecular weight excluding hydrogens is 404 g/mol. The van der Waals surface area contributed by atoms with Gasteiger partial charge in [-0.25, -0.2) is 0 Å². The highest BCUT2D eigenvalue weighted by Crippen LogP contribution is 2.45. The molecule has 6 heteroatoms. The second-order valence-corrected chi connectivity index (χ2v) is 9.49. The highest BCUT2D eigenvalue weighted by molar-refractivity contribution is 7.99. The van der Waals surface area contributed by atoms with E-state index in [2.05, 4.69) is 5.32 Å². The van der Waals surface area contributed by atoms with Gasteiger partial charge in [-0.3, -0.25) is 9.59 Å². The van der Waals surface area contributed by atoms with E-state index in [0.29, 0.717) is 10.6 Å². The van der Waals surface area contributed by atoms with E-state index in [1.165, 1.54) is 0 Å². The Morgan fingerprint density at radius 2 is 1.76 bits per heavy atom. The molecule has 29 heavy (non-hydrogen) atoms. The minimum absolute atomic E-state index is 0.0151. The second-order valence-electron chi connectivity index (χ2n) is 7.83. The molecule has 152 valence electrons. The zero-order chi connectivity index (χ0) is 20.4. The summed E-state index contributed by atoms with van der Waals surface area (Å²) in [4.78, 5) is 27.8. The fraction of sp³-hybridized carbons (Fsp3) is 0.391. The van der Waals surface area contributed by atoms with Gasteiger partial charge in [0.2, 0.25) is 5.91 Å². The first kappa shape index (κ1) is 20.3. The van der Waals surface area contributed by atoms with Gasteiger partial charge in [0, 0.05) is 40.9 Å². The van der Waals surface area contributed by atoms with Crippen molar-refractivity contribution in [1.82, 2.24) is 4.90 Å². The van der Waals surface area contributed by atoms with Gasteiger partial charge in [-0.15, -0.1) is 0 Å². The molecule has 0 spiro atoms. The van der Waals surface area contributed by atoms with E-state index in [9.17, 15) is 9.59 Å². The maximum absolute atomic E-state index is 13.2. The maximum Gasteiger partial charge on any atom is 0.253 e. The number of nitrogens with one attached hydrogen (secondary N) is 1. The highest BCUT2D eigenvalue weighted by Gasteiger charge is 2.45. The van der Waals surface area contributed by atoms with Crippen molar-refractivity contribution >= 4 is 40.9 Å². The molecule has 2 aliphatic rings. The number of carbonyl (C=O) groups excluding carboxylic acids is 2. The SMILES string of the molecule is Cc1cc(C(=O)N2CCSCC2)ccc1NC(=O)C1(c2ccc(Cl)cc2)CCC1. The van der Waals surface area contributed by atoms with Crippen LogP contribution in [0.25, 0.3) is 0 Å². The monoisotopic (exact) mass is 428 g/mol. The minimum Gasteiger partial charge on any atom is -0.337 e. The van der Waals surface area contributed by atoms with Crippen LogP contribution < -0.4 is 5.32 Å². The lowest BCUT2D eigenvalue weighted by atomic mass is 9.64. The smallest absolute Gasteiger partial charge is 0.253 e. The topological polar surface area (TPSA) is 49.4 Å². The van der Waals surface area contributed by atoms with Gasteiger partial charge in [0.15, 0.2) is 0 Å². The van der Waals surface area contributed by atoms with E-state index >= 15 is 0 Å². The van der Waals surface area contributed by atoms with Crippen LogP contribution in [-0.2, 0) is 10.2 Å². The Morgan fingerprint density at radius 1 is 1.07 bits per heavy atom. The molecule has 0 unspecified atom stereocenters. The Hall–Kier alpha value is -1.98. The number of nitrogens with zero attached hydrogens (tertiary/aromatic N) is 1. The molecule has 0 atom stereocenters. The Balaban J connectivity index is 1.51. The summed E-state index contributed by atoms with van der Waals surface area (Å²) in [7, 11) is 0. The summed E-state index contributed by atoms with van der Waals surface area (Å²) in [5.74, 6) is 2.07. The molecule has 1 N–H and O–H groups in total. The van der Waals surface area contributed by atoms with Gasteiger partial charge in [-0.1, -0.05) is 30.2 Å². The molecule has 1 saturated heterocycles. The first-order valence-corrected chi connectivity index (χ1v) is 11.6. The predicted molar refractivity (Wildman–Crippen MR) is 120 cm³/mol. The van der Waals surface area contributed by atoms with Crippen LogP contribution in [0.5, 0.6) is 0 Å². The fourth-order valence-corrected chi connectivity index (χ4v) is 5.10. The molecule has 0 bridgehead atoms. The molecule has 2 aromatic rings. The zero-order valence-electron chi connectivity index (χ0n) is 16.5. The molecule has 1 aliphatic heterocycles. The number of hydrogen-bond acceptors (Lipinski definition) is 3. The number of benzene rings is 2. The molecule has 4 nitrogen and oxygen atoms in total. The molecule has 2 aromatic carbocycles. The molecule has 0 radical (unpaired) electrons. The lowest BCUT2D eigenvalue weighted by molar-refractivity contribution is -0.124. The van der Waals surface area contributed by atoms with Crippen molar-refractivity contribution in [3.63, 3.8) is 0 Å². The first-order valence-electron chi connectivity index (χ1n) is 10.0. The zero-order valence-corrected chi connectivity index (χ0v) is 18.1. The van der Waals surface area contributed by atoms with Crippen molar-refractivity contribution < 1.29 is 9.59 Å². The lowest BCUT2D eigenvalue weighted by Crippen LogP contribution is -2.46. The summed E-state index contributed by atoms with van der Waals surface area (Å²) in [6.07, 6.45) is 2.71. The molecule has 2 fully saturated rings. The van der Waals surface area contributed by atoms with Crippen molar-refractivity contribution in [1.29, 1.82) is 0 Å². The summed E-state index contributed by atoms with van der Waals surface area (Å²) >= 11 is 7.90. The van der Waals surface area contributed by atoms with E-state index < -0.39 is 5.41 Å². The number of anilines is 1. The molecule has 2 amide bonds. The normalized spacial score (nSPS) is 18.1. The second kappa shape index (κ2) is 8.41. The Labute approximate surface area is 181 Å². The molecule has 4 rings (SSSR count). The number of amides is 2. The van der Waals surface area contributed by atoms with Gasteiger partial charge in [0.1, 0.15) is 0 Å². The molecule has 1 saturated carbocycles. The van der Waals surface area contributed by atoms with E-state index in [0.717, 1.165) is 60.7 Å². The van der Waals surface area contributed by atoms with Gasteiger partial charge in [-0.05, 0) is 61.2 Å². The highest BCUT2D eigenvalue weighted by atomic mass is 35.5. The third-order valence-corrected chi connectivity index (χ3v) is 7.25. The lowest BCUT2D eigenvalue weighted by Gasteiger charge is -2.40. The molecule has 1 heterocycles. The Kier molecular flexibility index (Phi) is 5.88. The van der Waals surface area contributed by atoms with E-state index in [4.69, 9.17) is 11.6 Å². The van der Waals surface area contributed by atoms with Gasteiger partial charge >= 0.3 is 0 Å². The Morgan fingerprint density at radius 3 is 2.34 bits per heavy atom. The number of carbonyl (C=O) groups is 2. The third kappa shape index (κ3) is 4.03. The summed E-state index contributed by atoms with van der Waals surface area (Å²) < 4.78 is 0. The van der Waals surface area contributed by atoms with Gasteiger partial charge in [0.25, 0.3) is 5.91 Å². The first-order chi connectivity index (χ1) is 14.0. The maximum atomic E-state index is 13.2. The predicted octanol–water partition coefficient (Wildman–Crippen LogP) is 4.90. The summed E-state index contributed by atoms with van der Waals surface area (Å²) in [5, 5.41) is 3.78. The van der Waals surface area contributed by atoms with E-state index in [1.54, 1.807) is 0 Å². The summed E-state index contributed by atoms with van der Waals surface area (Å²) in [6.45, 7) is 3.53. The molecule has 1 aliphatic carbocycles. The van der Waals surface area contributed by atoms with Crippen LogP contribution in [-0.4, -0.2) is 41.3 Å². The van der Waals surface area contributed by atoms with Gasteiger partial charge in [-0.2, -0.15) is 11.8 Å². The number of rotatable bonds is 4. The number of halogens is 1. The van der Waals surface area contributed by atoms with Crippen LogP contribution in [0, 0.1) is 6.92 Å². The summed E-state index contributed by atoms with van der Waals surface area (Å²) in [6, 6.07) is 13.1. The van der Waals surface area contributed by atoms with E-state index in [1.807, 2.05) is 66.1 Å². The quantitative estimate of drug-likeness (QED) is 0.753. The van der Waals surface area contributed by atoms with E-state index in [-0.39, 0.29) is 11.8 Å². The van der Waals surface area contributed by atoms with Crippen LogP contribution in [0.1, 0.15) is 40.7 Å². The number of hydrogen-bond donors (Lipinski definition) is 1. The largest absolute Gasteiger partial charge is 0.337 e. The van der Waals surface area contributed by atoms with Crippen molar-refractivity contribution in [3.05, 3.63) is 64.2 Å². The number of aryl methyl sites for hydroxylation is 1. The number of thioether (sulfide) groups is 1. The molecular formula is C23H25ClN2O2S. The van der Waals surface area contributed by atoms with Crippen molar-refractivity contribution in [2.24, 2.45) is 0 Å². The van der Waals surface area contributed by atoms with Gasteiger partial charge in [0.05, 0.1) is 5.41 Å². The van der Waals surface area contributed by atoms with Crippen molar-refractivity contribution in [2.75, 3.05) is 29.9 Å². The van der Waals surface area contributed by atoms with Gasteiger partial charge < -0.3 is 10.2 Å².